The van der Waals surface area contributed by atoms with Gasteiger partial charge in [-0.25, -0.2) is 0 Å². The largest absolute Gasteiger partial charge is 0.341 e. The fourth-order valence-electron chi connectivity index (χ4n) is 2.18. The summed E-state index contributed by atoms with van der Waals surface area (Å²) >= 11 is 0. The van der Waals surface area contributed by atoms with Crippen LogP contribution in [0.15, 0.2) is 54.6 Å². The third kappa shape index (κ3) is 2.92. The summed E-state index contributed by atoms with van der Waals surface area (Å²) in [6.07, 6.45) is 2.43. The third-order valence-corrected chi connectivity index (χ3v) is 3.21. The van der Waals surface area contributed by atoms with E-state index in [0.29, 0.717) is 0 Å². The Morgan fingerprint density at radius 2 is 1.56 bits per heavy atom. The first-order chi connectivity index (χ1) is 8.83. The Bertz CT molecular complexity index is 476. The summed E-state index contributed by atoms with van der Waals surface area (Å²) in [5.74, 6) is 0. The van der Waals surface area contributed by atoms with Gasteiger partial charge in [-0.1, -0.05) is 49.7 Å². The molecular formula is C17H21N. The highest BCUT2D eigenvalue weighted by atomic mass is 15.1. The summed E-state index contributed by atoms with van der Waals surface area (Å²) in [5, 5.41) is 0. The van der Waals surface area contributed by atoms with Gasteiger partial charge in [0.2, 0.25) is 0 Å². The van der Waals surface area contributed by atoms with Crippen LogP contribution in [0, 0.1) is 6.92 Å². The minimum Gasteiger partial charge on any atom is -0.341 e. The smallest absolute Gasteiger partial charge is 0.0440 e. The van der Waals surface area contributed by atoms with Crippen LogP contribution in [0.5, 0.6) is 0 Å². The van der Waals surface area contributed by atoms with Crippen LogP contribution >= 0.6 is 0 Å². The van der Waals surface area contributed by atoms with Crippen LogP contribution in [0.25, 0.3) is 0 Å². The number of hydrogen-bond acceptors (Lipinski definition) is 1. The van der Waals surface area contributed by atoms with Crippen molar-refractivity contribution in [3.63, 3.8) is 0 Å². The molecule has 2 aromatic rings. The zero-order chi connectivity index (χ0) is 12.8. The van der Waals surface area contributed by atoms with Crippen LogP contribution in [0.1, 0.15) is 25.3 Å². The molecule has 0 spiro atoms. The summed E-state index contributed by atoms with van der Waals surface area (Å²) in [7, 11) is 0. The molecule has 2 aromatic carbocycles. The Labute approximate surface area is 110 Å². The molecular weight excluding hydrogens is 218 g/mol. The Kier molecular flexibility index (Phi) is 4.40. The predicted octanol–water partition coefficient (Wildman–Crippen LogP) is 4.93. The van der Waals surface area contributed by atoms with E-state index in [1.807, 2.05) is 0 Å². The maximum Gasteiger partial charge on any atom is 0.0440 e. The Morgan fingerprint density at radius 1 is 0.889 bits per heavy atom. The van der Waals surface area contributed by atoms with Crippen LogP contribution in [0.2, 0.25) is 0 Å². The van der Waals surface area contributed by atoms with Crippen LogP contribution < -0.4 is 4.90 Å². The molecule has 0 saturated heterocycles. The highest BCUT2D eigenvalue weighted by molar-refractivity contribution is 5.66. The SMILES string of the molecule is CCCCN(c1ccccc1)c1ccccc1C. The second kappa shape index (κ2) is 6.25. The van der Waals surface area contributed by atoms with Crippen LogP contribution in [0.4, 0.5) is 11.4 Å². The van der Waals surface area contributed by atoms with Gasteiger partial charge in [0, 0.05) is 17.9 Å². The molecule has 0 aliphatic heterocycles. The molecule has 0 aliphatic rings. The van der Waals surface area contributed by atoms with E-state index >= 15 is 0 Å². The summed E-state index contributed by atoms with van der Waals surface area (Å²) < 4.78 is 0. The van der Waals surface area contributed by atoms with Crippen molar-refractivity contribution in [2.24, 2.45) is 0 Å². The van der Waals surface area contributed by atoms with E-state index < -0.39 is 0 Å². The summed E-state index contributed by atoms with van der Waals surface area (Å²) in [5.41, 5.74) is 3.93. The minimum absolute atomic E-state index is 1.07. The normalized spacial score (nSPS) is 10.3. The van der Waals surface area contributed by atoms with Gasteiger partial charge in [-0.15, -0.1) is 0 Å². The Balaban J connectivity index is 2.34. The van der Waals surface area contributed by atoms with Crippen LogP contribution in [-0.4, -0.2) is 6.54 Å². The predicted molar refractivity (Wildman–Crippen MR) is 79.5 cm³/mol. The van der Waals surface area contributed by atoms with Crippen molar-refractivity contribution >= 4 is 11.4 Å². The fourth-order valence-corrected chi connectivity index (χ4v) is 2.18. The standard InChI is InChI=1S/C17H21N/c1-3-4-14-18(16-11-6-5-7-12-16)17-13-9-8-10-15(17)2/h5-13H,3-4,14H2,1-2H3. The Morgan fingerprint density at radius 3 is 2.22 bits per heavy atom. The molecule has 0 unspecified atom stereocenters. The second-order valence-electron chi connectivity index (χ2n) is 4.63. The highest BCUT2D eigenvalue weighted by Gasteiger charge is 2.09. The van der Waals surface area contributed by atoms with Crippen LogP contribution in [0.3, 0.4) is 0 Å². The minimum atomic E-state index is 1.07. The van der Waals surface area contributed by atoms with Crippen molar-refractivity contribution in [3.8, 4) is 0 Å². The lowest BCUT2D eigenvalue weighted by atomic mass is 10.1. The van der Waals surface area contributed by atoms with Gasteiger partial charge >= 0.3 is 0 Å². The van der Waals surface area contributed by atoms with Crippen molar-refractivity contribution in [2.45, 2.75) is 26.7 Å². The number of unbranched alkanes of at least 4 members (excludes halogenated alkanes) is 1. The van der Waals surface area contributed by atoms with Gasteiger partial charge in [0.15, 0.2) is 0 Å². The van der Waals surface area contributed by atoms with Gasteiger partial charge in [0.25, 0.3) is 0 Å². The van der Waals surface area contributed by atoms with E-state index in [-0.39, 0.29) is 0 Å². The number of rotatable bonds is 5. The molecule has 0 aromatic heterocycles. The molecule has 0 aliphatic carbocycles. The van der Waals surface area contributed by atoms with E-state index in [4.69, 9.17) is 0 Å². The molecule has 0 amide bonds. The lowest BCUT2D eigenvalue weighted by Crippen LogP contribution is -2.19. The number of anilines is 2. The van der Waals surface area contributed by atoms with Crippen LogP contribution in [-0.2, 0) is 0 Å². The molecule has 2 rings (SSSR count). The monoisotopic (exact) mass is 239 g/mol. The fraction of sp³-hybridized carbons (Fsp3) is 0.294. The first-order valence-electron chi connectivity index (χ1n) is 6.71. The molecule has 0 saturated carbocycles. The number of hydrogen-bond donors (Lipinski definition) is 0. The molecule has 0 atom stereocenters. The van der Waals surface area contributed by atoms with Gasteiger partial charge < -0.3 is 4.90 Å². The van der Waals surface area contributed by atoms with E-state index in [2.05, 4.69) is 73.3 Å². The van der Waals surface area contributed by atoms with Crippen molar-refractivity contribution in [2.75, 3.05) is 11.4 Å². The topological polar surface area (TPSA) is 3.24 Å². The number of aryl methyl sites for hydroxylation is 1. The van der Waals surface area contributed by atoms with Gasteiger partial charge in [-0.3, -0.25) is 0 Å². The molecule has 1 heteroatoms. The van der Waals surface area contributed by atoms with Gasteiger partial charge in [-0.2, -0.15) is 0 Å². The van der Waals surface area contributed by atoms with Crippen molar-refractivity contribution in [1.29, 1.82) is 0 Å². The lowest BCUT2D eigenvalue weighted by molar-refractivity contribution is 0.784. The van der Waals surface area contributed by atoms with Gasteiger partial charge in [0.1, 0.15) is 0 Å². The average molecular weight is 239 g/mol. The van der Waals surface area contributed by atoms with Crippen molar-refractivity contribution < 1.29 is 0 Å². The maximum atomic E-state index is 2.42. The van der Waals surface area contributed by atoms with E-state index in [0.717, 1.165) is 6.54 Å². The number of nitrogens with zero attached hydrogens (tertiary/aromatic N) is 1. The zero-order valence-corrected chi connectivity index (χ0v) is 11.3. The average Bonchev–Trinajstić information content (AvgIpc) is 2.42. The number of benzene rings is 2. The quantitative estimate of drug-likeness (QED) is 0.714. The Hall–Kier alpha value is -1.76. The van der Waals surface area contributed by atoms with E-state index in [1.165, 1.54) is 29.8 Å². The zero-order valence-electron chi connectivity index (χ0n) is 11.3. The lowest BCUT2D eigenvalue weighted by Gasteiger charge is -2.26. The molecule has 0 heterocycles. The van der Waals surface area contributed by atoms with Gasteiger partial charge in [-0.05, 0) is 37.1 Å². The molecule has 1 nitrogen and oxygen atoms in total. The number of para-hydroxylation sites is 2. The molecule has 0 fully saturated rings. The first kappa shape index (κ1) is 12.7. The first-order valence-corrected chi connectivity index (χ1v) is 6.71. The summed E-state index contributed by atoms with van der Waals surface area (Å²) in [6.45, 7) is 5.49. The molecule has 18 heavy (non-hydrogen) atoms. The third-order valence-electron chi connectivity index (χ3n) is 3.21. The maximum absolute atomic E-state index is 2.42. The van der Waals surface area contributed by atoms with E-state index in [1.54, 1.807) is 0 Å². The molecule has 0 bridgehead atoms. The molecule has 94 valence electrons. The van der Waals surface area contributed by atoms with Crippen molar-refractivity contribution in [1.82, 2.24) is 0 Å². The van der Waals surface area contributed by atoms with E-state index in [9.17, 15) is 0 Å². The van der Waals surface area contributed by atoms with Crippen molar-refractivity contribution in [3.05, 3.63) is 60.2 Å². The van der Waals surface area contributed by atoms with Gasteiger partial charge in [0.05, 0.1) is 0 Å². The molecule has 0 radical (unpaired) electrons. The highest BCUT2D eigenvalue weighted by Crippen LogP contribution is 2.28. The summed E-state index contributed by atoms with van der Waals surface area (Å²) in [4.78, 5) is 2.42. The molecule has 0 N–H and O–H groups in total. The summed E-state index contributed by atoms with van der Waals surface area (Å²) in [6, 6.07) is 19.2. The second-order valence-corrected chi connectivity index (χ2v) is 4.63.